The third-order valence-corrected chi connectivity index (χ3v) is 6.99. The minimum absolute atomic E-state index is 0.240. The summed E-state index contributed by atoms with van der Waals surface area (Å²) >= 11 is 0. The first-order chi connectivity index (χ1) is 12.4. The van der Waals surface area contributed by atoms with Crippen molar-refractivity contribution in [3.05, 3.63) is 29.2 Å². The lowest BCUT2D eigenvalue weighted by molar-refractivity contribution is 0.148. The van der Waals surface area contributed by atoms with Crippen LogP contribution in [-0.4, -0.2) is 43.9 Å². The van der Waals surface area contributed by atoms with Crippen LogP contribution in [0.3, 0.4) is 0 Å². The quantitative estimate of drug-likeness (QED) is 0.849. The number of aliphatic hydroxyl groups is 1. The zero-order chi connectivity index (χ0) is 18.5. The van der Waals surface area contributed by atoms with E-state index >= 15 is 0 Å². The zero-order valence-corrected chi connectivity index (χ0v) is 16.0. The van der Waals surface area contributed by atoms with E-state index in [1.54, 1.807) is 13.0 Å². The van der Waals surface area contributed by atoms with Gasteiger partial charge in [-0.3, -0.25) is 9.36 Å². The van der Waals surface area contributed by atoms with E-state index in [4.69, 9.17) is 0 Å². The summed E-state index contributed by atoms with van der Waals surface area (Å²) in [7, 11) is -3.63. The molecule has 0 amide bonds. The molecule has 9 heteroatoms. The highest BCUT2D eigenvalue weighted by Crippen LogP contribution is 2.40. The lowest BCUT2D eigenvalue weighted by Gasteiger charge is -2.19. The van der Waals surface area contributed by atoms with E-state index < -0.39 is 16.1 Å². The van der Waals surface area contributed by atoms with E-state index in [0.717, 1.165) is 18.5 Å². The van der Waals surface area contributed by atoms with Gasteiger partial charge in [0, 0.05) is 19.6 Å². The molecule has 0 aromatic carbocycles. The Morgan fingerprint density at radius 1 is 1.27 bits per heavy atom. The van der Waals surface area contributed by atoms with E-state index in [-0.39, 0.29) is 11.6 Å². The molecule has 1 aliphatic carbocycles. The van der Waals surface area contributed by atoms with Gasteiger partial charge in [0.1, 0.15) is 6.10 Å². The summed E-state index contributed by atoms with van der Waals surface area (Å²) in [5.41, 5.74) is 2.19. The number of nitrogens with zero attached hydrogens (tertiary/aromatic N) is 5. The van der Waals surface area contributed by atoms with Crippen LogP contribution in [0.15, 0.2) is 17.2 Å². The number of hydrogen-bond donors (Lipinski definition) is 1. The van der Waals surface area contributed by atoms with Crippen molar-refractivity contribution in [3.63, 3.8) is 0 Å². The molecule has 0 unspecified atom stereocenters. The maximum Gasteiger partial charge on any atom is 0.260 e. The third kappa shape index (κ3) is 3.08. The van der Waals surface area contributed by atoms with Crippen molar-refractivity contribution in [2.24, 2.45) is 5.92 Å². The van der Waals surface area contributed by atoms with Crippen LogP contribution in [0.5, 0.6) is 0 Å². The number of sulfonamides is 1. The van der Waals surface area contributed by atoms with Gasteiger partial charge >= 0.3 is 0 Å². The SMILES string of the molecule is CCn1nc(C)cc1S(=O)(=O)N1CCCn2nc([C@H](O)C3CC3)cc2C1. The summed E-state index contributed by atoms with van der Waals surface area (Å²) in [6.07, 6.45) is 2.21. The smallest absolute Gasteiger partial charge is 0.260 e. The number of hydrogen-bond acceptors (Lipinski definition) is 5. The van der Waals surface area contributed by atoms with Gasteiger partial charge in [0.25, 0.3) is 10.0 Å². The average Bonchev–Trinajstić information content (AvgIpc) is 3.32. The second kappa shape index (κ2) is 6.47. The Labute approximate surface area is 153 Å². The maximum atomic E-state index is 13.2. The molecule has 4 rings (SSSR count). The van der Waals surface area contributed by atoms with Gasteiger partial charge in [-0.1, -0.05) is 0 Å². The Hall–Kier alpha value is -1.71. The Balaban J connectivity index is 1.63. The van der Waals surface area contributed by atoms with Crippen molar-refractivity contribution < 1.29 is 13.5 Å². The van der Waals surface area contributed by atoms with Crippen molar-refractivity contribution in [2.45, 2.75) is 63.9 Å². The van der Waals surface area contributed by atoms with Crippen molar-refractivity contribution in [2.75, 3.05) is 6.54 Å². The fourth-order valence-electron chi connectivity index (χ4n) is 3.55. The van der Waals surface area contributed by atoms with E-state index in [1.807, 2.05) is 17.7 Å². The average molecular weight is 379 g/mol. The lowest BCUT2D eigenvalue weighted by Crippen LogP contribution is -2.32. The summed E-state index contributed by atoms with van der Waals surface area (Å²) in [6.45, 7) is 5.56. The number of aliphatic hydroxyl groups excluding tert-OH is 1. The minimum Gasteiger partial charge on any atom is -0.386 e. The van der Waals surface area contributed by atoms with E-state index in [0.29, 0.717) is 43.4 Å². The van der Waals surface area contributed by atoms with Crippen LogP contribution in [0.2, 0.25) is 0 Å². The van der Waals surface area contributed by atoms with Gasteiger partial charge in [-0.2, -0.15) is 14.5 Å². The Morgan fingerprint density at radius 2 is 2.04 bits per heavy atom. The van der Waals surface area contributed by atoms with Crippen molar-refractivity contribution in [1.82, 2.24) is 23.9 Å². The van der Waals surface area contributed by atoms with Crippen LogP contribution in [-0.2, 0) is 29.7 Å². The molecule has 1 saturated carbocycles. The highest BCUT2D eigenvalue weighted by atomic mass is 32.2. The first kappa shape index (κ1) is 17.7. The summed E-state index contributed by atoms with van der Waals surface area (Å²) in [6, 6.07) is 3.49. The topological polar surface area (TPSA) is 93.3 Å². The van der Waals surface area contributed by atoms with E-state index in [2.05, 4.69) is 10.2 Å². The highest BCUT2D eigenvalue weighted by Gasteiger charge is 2.35. The number of rotatable bonds is 5. The predicted molar refractivity (Wildman–Crippen MR) is 94.8 cm³/mol. The van der Waals surface area contributed by atoms with E-state index in [9.17, 15) is 13.5 Å². The lowest BCUT2D eigenvalue weighted by atomic mass is 10.1. The molecule has 0 bridgehead atoms. The molecule has 2 aromatic rings. The maximum absolute atomic E-state index is 13.2. The Bertz CT molecular complexity index is 913. The van der Waals surface area contributed by atoms with Crippen molar-refractivity contribution in [1.29, 1.82) is 0 Å². The largest absolute Gasteiger partial charge is 0.386 e. The molecule has 142 valence electrons. The predicted octanol–water partition coefficient (Wildman–Crippen LogP) is 1.45. The molecule has 1 N–H and O–H groups in total. The molecule has 2 aromatic heterocycles. The number of aromatic nitrogens is 4. The summed E-state index contributed by atoms with van der Waals surface area (Å²) < 4.78 is 31.3. The fraction of sp³-hybridized carbons (Fsp3) is 0.647. The molecule has 1 fully saturated rings. The third-order valence-electron chi connectivity index (χ3n) is 5.14. The molecule has 2 aliphatic rings. The fourth-order valence-corrected chi connectivity index (χ4v) is 5.24. The molecule has 0 saturated heterocycles. The summed E-state index contributed by atoms with van der Waals surface area (Å²) in [5, 5.41) is 19.4. The second-order valence-corrected chi connectivity index (χ2v) is 9.08. The number of fused-ring (bicyclic) bond motifs is 1. The van der Waals surface area contributed by atoms with Gasteiger partial charge in [0.2, 0.25) is 0 Å². The summed E-state index contributed by atoms with van der Waals surface area (Å²) in [5.74, 6) is 0.302. The normalized spacial score (nSPS) is 20.0. The standard InChI is InChI=1S/C17H25N5O3S/c1-3-21-16(9-12(2)18-21)26(24,25)20-7-4-8-22-14(11-20)10-15(19-22)17(23)13-5-6-13/h9-10,13,17,23H,3-8,11H2,1-2H3/t17-/m1/s1. The zero-order valence-electron chi connectivity index (χ0n) is 15.2. The van der Waals surface area contributed by atoms with Gasteiger partial charge in [0.05, 0.1) is 23.6 Å². The molecular weight excluding hydrogens is 354 g/mol. The number of aryl methyl sites for hydroxylation is 3. The first-order valence-corrected chi connectivity index (χ1v) is 10.6. The Kier molecular flexibility index (Phi) is 4.40. The van der Waals surface area contributed by atoms with Crippen LogP contribution < -0.4 is 0 Å². The van der Waals surface area contributed by atoms with Crippen LogP contribution in [0.1, 0.15) is 49.4 Å². The summed E-state index contributed by atoms with van der Waals surface area (Å²) in [4.78, 5) is 0. The highest BCUT2D eigenvalue weighted by molar-refractivity contribution is 7.89. The molecular formula is C17H25N5O3S. The van der Waals surface area contributed by atoms with Gasteiger partial charge in [-0.05, 0) is 51.2 Å². The molecule has 1 aliphatic heterocycles. The van der Waals surface area contributed by atoms with Gasteiger partial charge in [0.15, 0.2) is 5.03 Å². The van der Waals surface area contributed by atoms with Crippen molar-refractivity contribution in [3.8, 4) is 0 Å². The van der Waals surface area contributed by atoms with Gasteiger partial charge in [-0.25, -0.2) is 8.42 Å². The first-order valence-electron chi connectivity index (χ1n) is 9.19. The van der Waals surface area contributed by atoms with Gasteiger partial charge in [-0.15, -0.1) is 0 Å². The molecule has 8 nitrogen and oxygen atoms in total. The van der Waals surface area contributed by atoms with Crippen LogP contribution in [0.4, 0.5) is 0 Å². The molecule has 0 spiro atoms. The monoisotopic (exact) mass is 379 g/mol. The van der Waals surface area contributed by atoms with Crippen LogP contribution in [0.25, 0.3) is 0 Å². The molecule has 1 atom stereocenters. The molecule has 26 heavy (non-hydrogen) atoms. The second-order valence-electron chi connectivity index (χ2n) is 7.20. The molecule has 3 heterocycles. The van der Waals surface area contributed by atoms with Gasteiger partial charge < -0.3 is 5.11 Å². The van der Waals surface area contributed by atoms with E-state index in [1.165, 1.54) is 8.99 Å². The minimum atomic E-state index is -3.63. The van der Waals surface area contributed by atoms with Crippen LogP contribution >= 0.6 is 0 Å². The molecule has 0 radical (unpaired) electrons. The van der Waals surface area contributed by atoms with Crippen molar-refractivity contribution >= 4 is 10.0 Å². The van der Waals surface area contributed by atoms with Crippen LogP contribution in [0, 0.1) is 12.8 Å². The Morgan fingerprint density at radius 3 is 2.73 bits per heavy atom.